The first-order valence-corrected chi connectivity index (χ1v) is 6.96. The van der Waals surface area contributed by atoms with Crippen molar-refractivity contribution in [3.05, 3.63) is 12.2 Å². The fraction of sp³-hybridized carbons (Fsp3) is 0.714. The molecule has 3 aliphatic rings. The number of carbonyl (C=O) groups is 2. The van der Waals surface area contributed by atoms with Gasteiger partial charge in [-0.15, -0.1) is 0 Å². The fourth-order valence-electron chi connectivity index (χ4n) is 4.00. The summed E-state index contributed by atoms with van der Waals surface area (Å²) < 4.78 is 0. The molecule has 0 aromatic carbocycles. The zero-order valence-corrected chi connectivity index (χ0v) is 10.7. The minimum atomic E-state index is -0.866. The van der Waals surface area contributed by atoms with Gasteiger partial charge in [-0.1, -0.05) is 12.2 Å². The summed E-state index contributed by atoms with van der Waals surface area (Å²) in [5.74, 6) is -1.87. The molecule has 0 spiro atoms. The predicted octanol–water partition coefficient (Wildman–Crippen LogP) is 0.493. The van der Waals surface area contributed by atoms with Crippen LogP contribution in [0.4, 0.5) is 0 Å². The van der Waals surface area contributed by atoms with Crippen molar-refractivity contribution >= 4 is 11.9 Å². The summed E-state index contributed by atoms with van der Waals surface area (Å²) in [7, 11) is 0. The van der Waals surface area contributed by atoms with Crippen LogP contribution in [-0.4, -0.2) is 46.2 Å². The van der Waals surface area contributed by atoms with Crippen LogP contribution in [0.25, 0.3) is 0 Å². The van der Waals surface area contributed by atoms with E-state index in [0.29, 0.717) is 6.54 Å². The van der Waals surface area contributed by atoms with Crippen molar-refractivity contribution in [3.8, 4) is 0 Å². The van der Waals surface area contributed by atoms with Crippen molar-refractivity contribution in [1.29, 1.82) is 0 Å². The number of carboxylic acid groups (broad SMARTS) is 1. The highest BCUT2D eigenvalue weighted by atomic mass is 16.4. The standard InChI is InChI=1S/C14H19NO4/c16-7-10-2-1-5-15(10)13(17)11-8-3-4-9(6-8)12(11)14(18)19/h3-4,8-12,16H,1-2,5-7H2,(H,18,19)/t8?,9?,10-,11?,12?/m0/s1. The van der Waals surface area contributed by atoms with Gasteiger partial charge in [-0.2, -0.15) is 0 Å². The molecule has 2 fully saturated rings. The van der Waals surface area contributed by atoms with Gasteiger partial charge in [0.2, 0.25) is 5.91 Å². The first-order valence-electron chi connectivity index (χ1n) is 6.96. The van der Waals surface area contributed by atoms with Gasteiger partial charge in [-0.3, -0.25) is 9.59 Å². The van der Waals surface area contributed by atoms with Crippen molar-refractivity contribution in [1.82, 2.24) is 4.90 Å². The van der Waals surface area contributed by atoms with E-state index < -0.39 is 17.8 Å². The van der Waals surface area contributed by atoms with Crippen LogP contribution >= 0.6 is 0 Å². The molecule has 2 bridgehead atoms. The number of rotatable bonds is 3. The van der Waals surface area contributed by atoms with Gasteiger partial charge in [0.25, 0.3) is 0 Å². The number of carboxylic acids is 1. The number of amides is 1. The Bertz CT molecular complexity index is 433. The number of aliphatic hydroxyl groups is 1. The van der Waals surface area contributed by atoms with Crippen LogP contribution in [0.3, 0.4) is 0 Å². The van der Waals surface area contributed by atoms with E-state index in [2.05, 4.69) is 0 Å². The van der Waals surface area contributed by atoms with Crippen LogP contribution in [0, 0.1) is 23.7 Å². The number of nitrogens with zero attached hydrogens (tertiary/aromatic N) is 1. The van der Waals surface area contributed by atoms with Gasteiger partial charge in [0, 0.05) is 6.54 Å². The zero-order chi connectivity index (χ0) is 13.6. The molecule has 0 radical (unpaired) electrons. The van der Waals surface area contributed by atoms with Crippen molar-refractivity contribution in [3.63, 3.8) is 0 Å². The lowest BCUT2D eigenvalue weighted by atomic mass is 9.82. The minimum Gasteiger partial charge on any atom is -0.481 e. The van der Waals surface area contributed by atoms with Gasteiger partial charge in [0.15, 0.2) is 0 Å². The Morgan fingerprint density at radius 1 is 1.21 bits per heavy atom. The Kier molecular flexibility index (Phi) is 3.09. The number of likely N-dealkylation sites (tertiary alicyclic amines) is 1. The number of fused-ring (bicyclic) bond motifs is 2. The molecule has 1 amide bonds. The summed E-state index contributed by atoms with van der Waals surface area (Å²) in [5.41, 5.74) is 0. The molecular weight excluding hydrogens is 246 g/mol. The number of aliphatic hydroxyl groups excluding tert-OH is 1. The van der Waals surface area contributed by atoms with Crippen LogP contribution in [0.15, 0.2) is 12.2 Å². The van der Waals surface area contributed by atoms with E-state index in [-0.39, 0.29) is 30.4 Å². The van der Waals surface area contributed by atoms with Gasteiger partial charge >= 0.3 is 5.97 Å². The van der Waals surface area contributed by atoms with Crippen molar-refractivity contribution in [2.24, 2.45) is 23.7 Å². The summed E-state index contributed by atoms with van der Waals surface area (Å²) >= 11 is 0. The highest BCUT2D eigenvalue weighted by Crippen LogP contribution is 2.49. The quantitative estimate of drug-likeness (QED) is 0.728. The predicted molar refractivity (Wildman–Crippen MR) is 67.2 cm³/mol. The third-order valence-corrected chi connectivity index (χ3v) is 4.90. The van der Waals surface area contributed by atoms with Gasteiger partial charge in [0.05, 0.1) is 24.5 Å². The third-order valence-electron chi connectivity index (χ3n) is 4.90. The lowest BCUT2D eigenvalue weighted by molar-refractivity contribution is -0.151. The fourth-order valence-corrected chi connectivity index (χ4v) is 4.00. The van der Waals surface area contributed by atoms with E-state index in [1.165, 1.54) is 0 Å². The SMILES string of the molecule is O=C(O)C1C2C=CC(C2)C1C(=O)N1CCC[C@H]1CO. The second-order valence-corrected chi connectivity index (χ2v) is 5.85. The Morgan fingerprint density at radius 3 is 2.53 bits per heavy atom. The van der Waals surface area contributed by atoms with E-state index >= 15 is 0 Å². The van der Waals surface area contributed by atoms with Crippen molar-refractivity contribution < 1.29 is 19.8 Å². The maximum absolute atomic E-state index is 12.6. The summed E-state index contributed by atoms with van der Waals surface area (Å²) in [6.45, 7) is 0.619. The van der Waals surface area contributed by atoms with E-state index in [1.807, 2.05) is 12.2 Å². The molecule has 3 rings (SSSR count). The Labute approximate surface area is 111 Å². The Balaban J connectivity index is 1.83. The second kappa shape index (κ2) is 4.63. The topological polar surface area (TPSA) is 77.8 Å². The molecule has 104 valence electrons. The summed E-state index contributed by atoms with van der Waals surface area (Å²) in [6, 6.07) is -0.120. The molecule has 1 saturated heterocycles. The number of aliphatic carboxylic acids is 1. The normalized spacial score (nSPS) is 40.1. The Hall–Kier alpha value is -1.36. The highest BCUT2D eigenvalue weighted by Gasteiger charge is 2.53. The molecule has 1 heterocycles. The lowest BCUT2D eigenvalue weighted by Crippen LogP contribution is -2.46. The molecule has 2 N–H and O–H groups in total. The molecule has 0 aromatic rings. The summed E-state index contributed by atoms with van der Waals surface area (Å²) in [4.78, 5) is 25.8. The molecule has 5 heteroatoms. The third kappa shape index (κ3) is 1.87. The number of allylic oxidation sites excluding steroid dienone is 2. The maximum Gasteiger partial charge on any atom is 0.307 e. The molecule has 5 nitrogen and oxygen atoms in total. The van der Waals surface area contributed by atoms with Gasteiger partial charge in [-0.25, -0.2) is 0 Å². The lowest BCUT2D eigenvalue weighted by Gasteiger charge is -2.31. The number of hydrogen-bond acceptors (Lipinski definition) is 3. The van der Waals surface area contributed by atoms with Crippen LogP contribution in [0.1, 0.15) is 19.3 Å². The van der Waals surface area contributed by atoms with Crippen LogP contribution in [0.2, 0.25) is 0 Å². The molecule has 1 aliphatic heterocycles. The smallest absolute Gasteiger partial charge is 0.307 e. The minimum absolute atomic E-state index is 0.00614. The van der Waals surface area contributed by atoms with Crippen LogP contribution < -0.4 is 0 Å². The highest BCUT2D eigenvalue weighted by molar-refractivity contribution is 5.87. The monoisotopic (exact) mass is 265 g/mol. The first-order chi connectivity index (χ1) is 9.13. The zero-order valence-electron chi connectivity index (χ0n) is 10.7. The molecule has 5 atom stereocenters. The maximum atomic E-state index is 12.6. The molecule has 0 aromatic heterocycles. The van der Waals surface area contributed by atoms with Gasteiger partial charge < -0.3 is 15.1 Å². The van der Waals surface area contributed by atoms with Crippen LogP contribution in [-0.2, 0) is 9.59 Å². The average Bonchev–Trinajstić information content (AvgIpc) is 3.10. The van der Waals surface area contributed by atoms with Gasteiger partial charge in [0.1, 0.15) is 0 Å². The van der Waals surface area contributed by atoms with E-state index in [1.54, 1.807) is 4.90 Å². The number of carbonyl (C=O) groups excluding carboxylic acids is 1. The van der Waals surface area contributed by atoms with E-state index in [9.17, 15) is 19.8 Å². The van der Waals surface area contributed by atoms with Crippen molar-refractivity contribution in [2.45, 2.75) is 25.3 Å². The second-order valence-electron chi connectivity index (χ2n) is 5.85. The molecular formula is C14H19NO4. The summed E-state index contributed by atoms with van der Waals surface area (Å²) in [6.07, 6.45) is 6.43. The number of hydrogen-bond donors (Lipinski definition) is 2. The average molecular weight is 265 g/mol. The molecule has 4 unspecified atom stereocenters. The van der Waals surface area contributed by atoms with Crippen LogP contribution in [0.5, 0.6) is 0 Å². The Morgan fingerprint density at radius 2 is 1.89 bits per heavy atom. The van der Waals surface area contributed by atoms with E-state index in [0.717, 1.165) is 19.3 Å². The molecule has 19 heavy (non-hydrogen) atoms. The van der Waals surface area contributed by atoms with Crippen molar-refractivity contribution in [2.75, 3.05) is 13.2 Å². The molecule has 1 saturated carbocycles. The summed E-state index contributed by atoms with van der Waals surface area (Å²) in [5, 5.41) is 18.7. The van der Waals surface area contributed by atoms with Gasteiger partial charge in [-0.05, 0) is 31.1 Å². The molecule has 2 aliphatic carbocycles. The first kappa shape index (κ1) is 12.7. The van der Waals surface area contributed by atoms with E-state index in [4.69, 9.17) is 0 Å². The largest absolute Gasteiger partial charge is 0.481 e.